The molecule has 6 nitrogen and oxygen atoms in total. The Hall–Kier alpha value is -3.73. The first-order valence-electron chi connectivity index (χ1n) is 10.8. The molecule has 0 spiro atoms. The average molecular weight is 511 g/mol. The largest absolute Gasteiger partial charge is 0.491 e. The van der Waals surface area contributed by atoms with Gasteiger partial charge in [0.25, 0.3) is 0 Å². The van der Waals surface area contributed by atoms with Crippen LogP contribution in [0.15, 0.2) is 48.2 Å². The molecular formula is C25H22F5NO5. The molecule has 36 heavy (non-hydrogen) atoms. The van der Waals surface area contributed by atoms with Gasteiger partial charge in [-0.1, -0.05) is 18.2 Å². The van der Waals surface area contributed by atoms with Gasteiger partial charge in [-0.25, -0.2) is 8.78 Å². The number of ether oxygens (including phenoxy) is 2. The van der Waals surface area contributed by atoms with Gasteiger partial charge in [-0.3, -0.25) is 9.59 Å². The van der Waals surface area contributed by atoms with Crippen molar-refractivity contribution in [2.75, 3.05) is 25.1 Å². The molecule has 1 aliphatic rings. The van der Waals surface area contributed by atoms with Gasteiger partial charge in [0.1, 0.15) is 12.4 Å². The van der Waals surface area contributed by atoms with Gasteiger partial charge in [-0.15, -0.1) is 0 Å². The van der Waals surface area contributed by atoms with Crippen LogP contribution in [0.4, 0.5) is 27.6 Å². The van der Waals surface area contributed by atoms with E-state index in [9.17, 15) is 31.5 Å². The summed E-state index contributed by atoms with van der Waals surface area (Å²) in [5.41, 5.74) is -1.60. The zero-order chi connectivity index (χ0) is 26.5. The summed E-state index contributed by atoms with van der Waals surface area (Å²) in [4.78, 5) is 24.2. The van der Waals surface area contributed by atoms with Crippen molar-refractivity contribution in [2.24, 2.45) is 0 Å². The second-order valence-corrected chi connectivity index (χ2v) is 7.63. The number of Topliss-reactive ketones (excluding diaryl/α,β-unsaturated/α-hetero) is 1. The third-order valence-electron chi connectivity index (χ3n) is 5.11. The molecule has 0 aromatic heterocycles. The van der Waals surface area contributed by atoms with Crippen LogP contribution in [-0.4, -0.2) is 36.6 Å². The maximum atomic E-state index is 14.8. The van der Waals surface area contributed by atoms with E-state index in [1.54, 1.807) is 6.92 Å². The Morgan fingerprint density at radius 1 is 1.11 bits per heavy atom. The SMILES string of the molecule is CCOC1=CC(c2ccc(CC(=O)Nc3ccc(OCCO)c(C(F)(F)F)c3)c(F)c2F)=CCC1=O. The number of rotatable bonds is 9. The van der Waals surface area contributed by atoms with E-state index < -0.39 is 48.1 Å². The molecule has 192 valence electrons. The number of alkyl halides is 3. The summed E-state index contributed by atoms with van der Waals surface area (Å²) in [6, 6.07) is 5.21. The van der Waals surface area contributed by atoms with Gasteiger partial charge in [-0.2, -0.15) is 13.2 Å². The normalized spacial score (nSPS) is 13.7. The van der Waals surface area contributed by atoms with Crippen molar-refractivity contribution >= 4 is 23.0 Å². The highest BCUT2D eigenvalue weighted by molar-refractivity contribution is 6.01. The van der Waals surface area contributed by atoms with Crippen LogP contribution >= 0.6 is 0 Å². The van der Waals surface area contributed by atoms with E-state index in [0.717, 1.165) is 12.1 Å². The molecule has 0 bridgehead atoms. The molecule has 0 saturated carbocycles. The molecule has 0 heterocycles. The van der Waals surface area contributed by atoms with Crippen molar-refractivity contribution < 1.29 is 46.1 Å². The van der Waals surface area contributed by atoms with E-state index in [4.69, 9.17) is 14.6 Å². The summed E-state index contributed by atoms with van der Waals surface area (Å²) in [6.45, 7) is 1.05. The molecule has 2 aromatic rings. The number of nitrogens with one attached hydrogen (secondary N) is 1. The van der Waals surface area contributed by atoms with Gasteiger partial charge in [0.15, 0.2) is 17.4 Å². The number of allylic oxidation sites excluding steroid dienone is 4. The standard InChI is InChI=1S/C25H22F5NO5/c1-2-35-21-11-14(4-7-19(21)33)17-6-3-15(23(26)24(17)27)12-22(34)31-16-5-8-20(36-10-9-32)18(13-16)25(28,29)30/h3-6,8,11,13,32H,2,7,9-10,12H2,1H3,(H,31,34). The first-order chi connectivity index (χ1) is 17.0. The number of hydrogen-bond acceptors (Lipinski definition) is 5. The molecule has 0 saturated heterocycles. The molecule has 2 aromatic carbocycles. The minimum absolute atomic E-state index is 0.0317. The maximum absolute atomic E-state index is 14.8. The predicted octanol–water partition coefficient (Wildman–Crippen LogP) is 4.81. The van der Waals surface area contributed by atoms with Gasteiger partial charge < -0.3 is 19.9 Å². The molecule has 0 unspecified atom stereocenters. The highest BCUT2D eigenvalue weighted by Gasteiger charge is 2.35. The molecule has 0 aliphatic heterocycles. The second kappa shape index (κ2) is 11.3. The summed E-state index contributed by atoms with van der Waals surface area (Å²) in [5, 5.41) is 11.0. The van der Waals surface area contributed by atoms with E-state index in [-0.39, 0.29) is 53.6 Å². The fourth-order valence-corrected chi connectivity index (χ4v) is 3.49. The highest BCUT2D eigenvalue weighted by Crippen LogP contribution is 2.38. The first-order valence-corrected chi connectivity index (χ1v) is 10.8. The van der Waals surface area contributed by atoms with E-state index in [1.165, 1.54) is 24.3 Å². The van der Waals surface area contributed by atoms with Crippen LogP contribution < -0.4 is 10.1 Å². The van der Waals surface area contributed by atoms with Crippen molar-refractivity contribution in [1.29, 1.82) is 0 Å². The van der Waals surface area contributed by atoms with Gasteiger partial charge in [0.2, 0.25) is 11.7 Å². The molecule has 2 N–H and O–H groups in total. The van der Waals surface area contributed by atoms with Crippen molar-refractivity contribution in [1.82, 2.24) is 0 Å². The number of carbonyl (C=O) groups is 2. The highest BCUT2D eigenvalue weighted by atomic mass is 19.4. The lowest BCUT2D eigenvalue weighted by Gasteiger charge is -2.16. The minimum Gasteiger partial charge on any atom is -0.491 e. The van der Waals surface area contributed by atoms with Crippen molar-refractivity contribution in [2.45, 2.75) is 25.9 Å². The van der Waals surface area contributed by atoms with Crippen LogP contribution in [0.1, 0.15) is 30.0 Å². The maximum Gasteiger partial charge on any atom is 0.420 e. The Morgan fingerprint density at radius 2 is 1.86 bits per heavy atom. The number of halogens is 5. The van der Waals surface area contributed by atoms with E-state index in [0.29, 0.717) is 6.07 Å². The first kappa shape index (κ1) is 26.9. The number of aliphatic hydroxyl groups excluding tert-OH is 1. The molecule has 0 radical (unpaired) electrons. The molecule has 0 atom stereocenters. The molecule has 3 rings (SSSR count). The topological polar surface area (TPSA) is 84.9 Å². The van der Waals surface area contributed by atoms with E-state index in [2.05, 4.69) is 5.32 Å². The summed E-state index contributed by atoms with van der Waals surface area (Å²) in [5.74, 6) is -4.20. The molecule has 11 heteroatoms. The number of carbonyl (C=O) groups excluding carboxylic acids is 2. The lowest BCUT2D eigenvalue weighted by atomic mass is 9.95. The smallest absolute Gasteiger partial charge is 0.420 e. The van der Waals surface area contributed by atoms with Crippen LogP contribution in [0.3, 0.4) is 0 Å². The average Bonchev–Trinajstić information content (AvgIpc) is 2.82. The zero-order valence-electron chi connectivity index (χ0n) is 19.0. The molecule has 1 amide bonds. The van der Waals surface area contributed by atoms with Crippen LogP contribution in [0.2, 0.25) is 0 Å². The van der Waals surface area contributed by atoms with Gasteiger partial charge in [0, 0.05) is 23.2 Å². The number of benzene rings is 2. The number of aliphatic hydroxyl groups is 1. The molecule has 0 fully saturated rings. The fraction of sp³-hybridized carbons (Fsp3) is 0.280. The molecular weight excluding hydrogens is 489 g/mol. The van der Waals surface area contributed by atoms with Crippen molar-refractivity contribution in [3.8, 4) is 5.75 Å². The second-order valence-electron chi connectivity index (χ2n) is 7.63. The van der Waals surface area contributed by atoms with E-state index >= 15 is 0 Å². The Bertz CT molecular complexity index is 1220. The quantitative estimate of drug-likeness (QED) is 0.472. The van der Waals surface area contributed by atoms with E-state index in [1.807, 2.05) is 0 Å². The summed E-state index contributed by atoms with van der Waals surface area (Å²) in [7, 11) is 0. The lowest BCUT2D eigenvalue weighted by Crippen LogP contribution is -2.17. The van der Waals surface area contributed by atoms with Crippen LogP contribution in [0.5, 0.6) is 5.75 Å². The number of ketones is 1. The number of amides is 1. The van der Waals surface area contributed by atoms with Crippen LogP contribution in [-0.2, 0) is 26.9 Å². The lowest BCUT2D eigenvalue weighted by molar-refractivity contribution is -0.139. The fourth-order valence-electron chi connectivity index (χ4n) is 3.49. The number of hydrogen-bond donors (Lipinski definition) is 2. The van der Waals surface area contributed by atoms with Crippen molar-refractivity contribution in [3.05, 3.63) is 76.6 Å². The summed E-state index contributed by atoms with van der Waals surface area (Å²) < 4.78 is 79.6. The Kier molecular flexibility index (Phi) is 8.46. The predicted molar refractivity (Wildman–Crippen MR) is 120 cm³/mol. The number of anilines is 1. The van der Waals surface area contributed by atoms with Gasteiger partial charge >= 0.3 is 6.18 Å². The van der Waals surface area contributed by atoms with Crippen LogP contribution in [0, 0.1) is 11.6 Å². The third-order valence-corrected chi connectivity index (χ3v) is 5.11. The third kappa shape index (κ3) is 6.28. The Labute approximate surface area is 203 Å². The molecule has 1 aliphatic carbocycles. The van der Waals surface area contributed by atoms with Crippen LogP contribution in [0.25, 0.3) is 5.57 Å². The monoisotopic (exact) mass is 511 g/mol. The summed E-state index contributed by atoms with van der Waals surface area (Å²) >= 11 is 0. The Morgan fingerprint density at radius 3 is 2.53 bits per heavy atom. The Balaban J connectivity index is 1.78. The summed E-state index contributed by atoms with van der Waals surface area (Å²) in [6.07, 6.45) is -2.75. The minimum atomic E-state index is -4.80. The van der Waals surface area contributed by atoms with Gasteiger partial charge in [-0.05, 0) is 36.8 Å². The zero-order valence-corrected chi connectivity index (χ0v) is 19.0. The van der Waals surface area contributed by atoms with Crippen molar-refractivity contribution in [3.63, 3.8) is 0 Å². The van der Waals surface area contributed by atoms with Gasteiger partial charge in [0.05, 0.1) is 25.2 Å².